The average Bonchev–Trinajstić information content (AvgIpc) is 2.43. The molecule has 0 bridgehead atoms. The van der Waals surface area contributed by atoms with Gasteiger partial charge in [0.25, 0.3) is 0 Å². The van der Waals surface area contributed by atoms with E-state index >= 15 is 0 Å². The van der Waals surface area contributed by atoms with Gasteiger partial charge in [0, 0.05) is 5.92 Å². The lowest BCUT2D eigenvalue weighted by Gasteiger charge is -2.32. The molecule has 0 spiro atoms. The predicted octanol–water partition coefficient (Wildman–Crippen LogP) is 3.64. The van der Waals surface area contributed by atoms with Gasteiger partial charge in [0.05, 0.1) is 0 Å². The van der Waals surface area contributed by atoms with Crippen LogP contribution in [-0.2, 0) is 9.59 Å². The number of benzene rings is 1. The quantitative estimate of drug-likeness (QED) is 0.744. The number of halogens is 3. The fraction of sp³-hybridized carbons (Fsp3) is 0.467. The van der Waals surface area contributed by atoms with Crippen LogP contribution in [0.3, 0.4) is 0 Å². The smallest absolute Gasteiger partial charge is 0.480 e. The van der Waals surface area contributed by atoms with Crippen LogP contribution in [0.5, 0.6) is 5.75 Å². The summed E-state index contributed by atoms with van der Waals surface area (Å²) >= 11 is 0. The molecule has 1 aromatic carbocycles. The summed E-state index contributed by atoms with van der Waals surface area (Å²) in [4.78, 5) is 23.1. The minimum Gasteiger partial charge on any atom is -0.480 e. The Labute approximate surface area is 130 Å². The first kappa shape index (κ1) is 18.8. The van der Waals surface area contributed by atoms with Crippen LogP contribution in [0.25, 0.3) is 0 Å². The molecule has 0 aromatic heterocycles. The van der Waals surface area contributed by atoms with E-state index in [1.807, 2.05) is 0 Å². The summed E-state index contributed by atoms with van der Waals surface area (Å²) in [5.74, 6) is -4.30. The molecule has 0 saturated carbocycles. The summed E-state index contributed by atoms with van der Waals surface area (Å²) in [6.07, 6.45) is -4.79. The number of carbonyl (C=O) groups is 2. The number of hydrogen-bond donors (Lipinski definition) is 2. The molecule has 23 heavy (non-hydrogen) atoms. The Hall–Kier alpha value is -2.25. The van der Waals surface area contributed by atoms with Crippen LogP contribution < -0.4 is 4.74 Å². The van der Waals surface area contributed by atoms with Gasteiger partial charge in [-0.1, -0.05) is 26.0 Å². The van der Waals surface area contributed by atoms with Crippen LogP contribution in [0.1, 0.15) is 38.2 Å². The largest absolute Gasteiger partial charge is 0.573 e. The fourth-order valence-electron chi connectivity index (χ4n) is 2.71. The van der Waals surface area contributed by atoms with E-state index < -0.39 is 35.4 Å². The molecule has 0 amide bonds. The molecule has 1 aromatic rings. The molecule has 1 rings (SSSR count). The Morgan fingerprint density at radius 1 is 1.09 bits per heavy atom. The maximum absolute atomic E-state index is 12.1. The lowest BCUT2D eigenvalue weighted by molar-refractivity contribution is -0.274. The van der Waals surface area contributed by atoms with Crippen molar-refractivity contribution < 1.29 is 37.7 Å². The second kappa shape index (κ2) is 6.89. The van der Waals surface area contributed by atoms with Crippen LogP contribution in [-0.4, -0.2) is 28.5 Å². The third-order valence-electron chi connectivity index (χ3n) is 3.84. The Morgan fingerprint density at radius 3 is 1.87 bits per heavy atom. The first-order valence-corrected chi connectivity index (χ1v) is 6.91. The van der Waals surface area contributed by atoms with E-state index in [9.17, 15) is 33.0 Å². The van der Waals surface area contributed by atoms with E-state index in [2.05, 4.69) is 4.74 Å². The molecule has 5 nitrogen and oxygen atoms in total. The van der Waals surface area contributed by atoms with Gasteiger partial charge in [-0.15, -0.1) is 13.2 Å². The van der Waals surface area contributed by atoms with Gasteiger partial charge in [0.15, 0.2) is 5.41 Å². The lowest BCUT2D eigenvalue weighted by Crippen LogP contribution is -2.44. The van der Waals surface area contributed by atoms with Gasteiger partial charge in [-0.05, 0) is 30.5 Å². The monoisotopic (exact) mass is 334 g/mol. The fourth-order valence-corrected chi connectivity index (χ4v) is 2.71. The lowest BCUT2D eigenvalue weighted by atomic mass is 9.69. The average molecular weight is 334 g/mol. The zero-order valence-corrected chi connectivity index (χ0v) is 12.6. The van der Waals surface area contributed by atoms with Crippen LogP contribution in [0, 0.1) is 5.41 Å². The molecule has 1 unspecified atom stereocenters. The zero-order valence-electron chi connectivity index (χ0n) is 12.6. The third kappa shape index (κ3) is 3.94. The first-order chi connectivity index (χ1) is 10.6. The molecule has 0 saturated heterocycles. The molecule has 0 aliphatic carbocycles. The van der Waals surface area contributed by atoms with Gasteiger partial charge >= 0.3 is 18.3 Å². The minimum atomic E-state index is -4.83. The zero-order chi connectivity index (χ0) is 17.8. The van der Waals surface area contributed by atoms with Crippen molar-refractivity contribution in [1.82, 2.24) is 0 Å². The highest BCUT2D eigenvalue weighted by molar-refractivity contribution is 5.99. The number of ether oxygens (including phenoxy) is 1. The summed E-state index contributed by atoms with van der Waals surface area (Å²) in [5.41, 5.74) is -1.71. The summed E-state index contributed by atoms with van der Waals surface area (Å²) in [6.45, 7) is 3.08. The van der Waals surface area contributed by atoms with Crippen molar-refractivity contribution in [2.45, 2.75) is 39.0 Å². The summed E-state index contributed by atoms with van der Waals surface area (Å²) < 4.78 is 40.2. The summed E-state index contributed by atoms with van der Waals surface area (Å²) in [7, 11) is 0. The number of rotatable bonds is 7. The van der Waals surface area contributed by atoms with Crippen molar-refractivity contribution in [3.63, 3.8) is 0 Å². The molecule has 0 aliphatic heterocycles. The Bertz CT molecular complexity index is 551. The van der Waals surface area contributed by atoms with E-state index in [1.54, 1.807) is 6.92 Å². The number of alkyl halides is 3. The van der Waals surface area contributed by atoms with Gasteiger partial charge in [0.1, 0.15) is 5.75 Å². The molecule has 128 valence electrons. The molecule has 0 aliphatic rings. The highest BCUT2D eigenvalue weighted by Crippen LogP contribution is 2.42. The van der Waals surface area contributed by atoms with Gasteiger partial charge in [-0.25, -0.2) is 0 Å². The minimum absolute atomic E-state index is 0.156. The van der Waals surface area contributed by atoms with Gasteiger partial charge in [0.2, 0.25) is 0 Å². The van der Waals surface area contributed by atoms with E-state index in [0.717, 1.165) is 12.1 Å². The third-order valence-corrected chi connectivity index (χ3v) is 3.84. The Kier molecular flexibility index (Phi) is 5.63. The second-order valence-electron chi connectivity index (χ2n) is 5.01. The van der Waals surface area contributed by atoms with Crippen molar-refractivity contribution in [2.75, 3.05) is 0 Å². The van der Waals surface area contributed by atoms with E-state index in [4.69, 9.17) is 0 Å². The van der Waals surface area contributed by atoms with Gasteiger partial charge < -0.3 is 14.9 Å². The molecule has 0 radical (unpaired) electrons. The van der Waals surface area contributed by atoms with Crippen molar-refractivity contribution in [3.8, 4) is 5.75 Å². The van der Waals surface area contributed by atoms with Gasteiger partial charge in [-0.2, -0.15) is 0 Å². The van der Waals surface area contributed by atoms with Crippen LogP contribution in [0.15, 0.2) is 24.3 Å². The van der Waals surface area contributed by atoms with Crippen molar-refractivity contribution in [1.29, 1.82) is 0 Å². The number of carboxylic acid groups (broad SMARTS) is 2. The molecule has 8 heteroatoms. The van der Waals surface area contributed by atoms with E-state index in [-0.39, 0.29) is 12.8 Å². The Morgan fingerprint density at radius 2 is 1.57 bits per heavy atom. The number of hydrogen-bond acceptors (Lipinski definition) is 3. The molecule has 0 fully saturated rings. The highest BCUT2D eigenvalue weighted by atomic mass is 19.4. The van der Waals surface area contributed by atoms with Crippen LogP contribution in [0.4, 0.5) is 13.2 Å². The van der Waals surface area contributed by atoms with Crippen molar-refractivity contribution in [2.24, 2.45) is 5.41 Å². The topological polar surface area (TPSA) is 83.8 Å². The molecular weight excluding hydrogens is 317 g/mol. The standard InChI is InChI=1S/C15H17F3O5/c1-3-11(14(4-2,12(19)20)13(21)22)9-5-7-10(8-6-9)23-15(16,17)18/h5-8,11H,3-4H2,1-2H3,(H,19,20)(H,21,22). The molecule has 1 atom stereocenters. The maximum atomic E-state index is 12.1. The Balaban J connectivity index is 3.24. The summed E-state index contributed by atoms with van der Waals surface area (Å²) in [6, 6.07) is 4.59. The van der Waals surface area contributed by atoms with Crippen molar-refractivity contribution in [3.05, 3.63) is 29.8 Å². The molecular formula is C15H17F3O5. The van der Waals surface area contributed by atoms with E-state index in [1.165, 1.54) is 19.1 Å². The second-order valence-corrected chi connectivity index (χ2v) is 5.01. The molecule has 2 N–H and O–H groups in total. The SMILES string of the molecule is CCC(c1ccc(OC(F)(F)F)cc1)C(CC)(C(=O)O)C(=O)O. The number of aliphatic carboxylic acids is 2. The van der Waals surface area contributed by atoms with Crippen LogP contribution >= 0.6 is 0 Å². The van der Waals surface area contributed by atoms with Gasteiger partial charge in [-0.3, -0.25) is 9.59 Å². The van der Waals surface area contributed by atoms with Crippen molar-refractivity contribution >= 4 is 11.9 Å². The first-order valence-electron chi connectivity index (χ1n) is 6.91. The van der Waals surface area contributed by atoms with E-state index in [0.29, 0.717) is 5.56 Å². The maximum Gasteiger partial charge on any atom is 0.573 e. The number of carboxylic acids is 2. The normalized spacial score (nSPS) is 13.4. The predicted molar refractivity (Wildman–Crippen MR) is 74.2 cm³/mol. The van der Waals surface area contributed by atoms with Crippen LogP contribution in [0.2, 0.25) is 0 Å². The highest BCUT2D eigenvalue weighted by Gasteiger charge is 2.51. The molecule has 0 heterocycles. The summed E-state index contributed by atoms with van der Waals surface area (Å²) in [5, 5.41) is 18.8.